The Labute approximate surface area is 112 Å². The molecule has 0 heterocycles. The fraction of sp³-hybridized carbons (Fsp3) is 0.429. The van der Waals surface area contributed by atoms with Crippen LogP contribution in [0.4, 0.5) is 5.69 Å². The summed E-state index contributed by atoms with van der Waals surface area (Å²) in [4.78, 5) is 23.2. The Kier molecular flexibility index (Phi) is 3.57. The van der Waals surface area contributed by atoms with Crippen LogP contribution in [0, 0.1) is 6.92 Å². The van der Waals surface area contributed by atoms with Crippen LogP contribution in [0.25, 0.3) is 0 Å². The predicted octanol–water partition coefficient (Wildman–Crippen LogP) is 1.30. The molecule has 5 N–H and O–H groups in total. The largest absolute Gasteiger partial charge is 0.366 e. The van der Waals surface area contributed by atoms with Gasteiger partial charge in [0.2, 0.25) is 11.8 Å². The number of nitrogens with one attached hydrogen (secondary N) is 1. The summed E-state index contributed by atoms with van der Waals surface area (Å²) in [5, 5.41) is 2.84. The van der Waals surface area contributed by atoms with Gasteiger partial charge in [-0.3, -0.25) is 9.59 Å². The van der Waals surface area contributed by atoms with E-state index >= 15 is 0 Å². The molecule has 0 radical (unpaired) electrons. The summed E-state index contributed by atoms with van der Waals surface area (Å²) in [6.45, 7) is 1.82. The molecule has 0 aliphatic heterocycles. The van der Waals surface area contributed by atoms with E-state index in [2.05, 4.69) is 5.32 Å². The van der Waals surface area contributed by atoms with Gasteiger partial charge in [0.1, 0.15) is 0 Å². The van der Waals surface area contributed by atoms with Crippen molar-refractivity contribution in [3.63, 3.8) is 0 Å². The number of carbonyl (C=O) groups excluding carboxylic acids is 2. The highest BCUT2D eigenvalue weighted by Crippen LogP contribution is 2.29. The fourth-order valence-electron chi connectivity index (χ4n) is 2.44. The first-order valence-corrected chi connectivity index (χ1v) is 6.43. The van der Waals surface area contributed by atoms with Gasteiger partial charge in [-0.05, 0) is 43.5 Å². The smallest absolute Gasteiger partial charge is 0.248 e. The van der Waals surface area contributed by atoms with E-state index in [9.17, 15) is 9.59 Å². The predicted molar refractivity (Wildman–Crippen MR) is 73.7 cm³/mol. The zero-order valence-electron chi connectivity index (χ0n) is 11.0. The Morgan fingerprint density at radius 1 is 1.26 bits per heavy atom. The van der Waals surface area contributed by atoms with Gasteiger partial charge in [-0.15, -0.1) is 0 Å². The van der Waals surface area contributed by atoms with Gasteiger partial charge < -0.3 is 16.8 Å². The molecule has 1 aromatic rings. The molecule has 0 saturated heterocycles. The lowest BCUT2D eigenvalue weighted by molar-refractivity contribution is -0.121. The zero-order valence-corrected chi connectivity index (χ0v) is 11.0. The number of rotatable bonds is 3. The Hall–Kier alpha value is -1.88. The second-order valence-corrected chi connectivity index (χ2v) is 5.21. The SMILES string of the molecule is Cc1cc(C(N)=O)ccc1NC(=O)C1(N)CCCC1. The molecule has 1 aliphatic rings. The van der Waals surface area contributed by atoms with Crippen molar-refractivity contribution in [2.75, 3.05) is 5.32 Å². The van der Waals surface area contributed by atoms with Crippen molar-refractivity contribution < 1.29 is 9.59 Å². The maximum absolute atomic E-state index is 12.2. The number of anilines is 1. The molecule has 0 aromatic heterocycles. The number of hydrogen-bond donors (Lipinski definition) is 3. The second-order valence-electron chi connectivity index (χ2n) is 5.21. The number of benzene rings is 1. The maximum atomic E-state index is 12.2. The van der Waals surface area contributed by atoms with Gasteiger partial charge in [0.05, 0.1) is 5.54 Å². The van der Waals surface area contributed by atoms with E-state index in [0.717, 1.165) is 31.2 Å². The molecule has 2 rings (SSSR count). The van der Waals surface area contributed by atoms with E-state index in [4.69, 9.17) is 11.5 Å². The van der Waals surface area contributed by atoms with Crippen molar-refractivity contribution in [2.45, 2.75) is 38.1 Å². The first-order chi connectivity index (χ1) is 8.92. The van der Waals surface area contributed by atoms with E-state index in [1.807, 2.05) is 6.92 Å². The fourth-order valence-corrected chi connectivity index (χ4v) is 2.44. The van der Waals surface area contributed by atoms with Crippen LogP contribution in [0.2, 0.25) is 0 Å². The number of nitrogens with two attached hydrogens (primary N) is 2. The topological polar surface area (TPSA) is 98.2 Å². The minimum atomic E-state index is -0.755. The van der Waals surface area contributed by atoms with Gasteiger partial charge in [-0.2, -0.15) is 0 Å². The summed E-state index contributed by atoms with van der Waals surface area (Å²) in [7, 11) is 0. The maximum Gasteiger partial charge on any atom is 0.248 e. The van der Waals surface area contributed by atoms with Crippen molar-refractivity contribution in [1.29, 1.82) is 0 Å². The Morgan fingerprint density at radius 3 is 2.42 bits per heavy atom. The molecule has 1 aromatic carbocycles. The summed E-state index contributed by atoms with van der Waals surface area (Å²) < 4.78 is 0. The van der Waals surface area contributed by atoms with Crippen LogP contribution in [-0.2, 0) is 4.79 Å². The van der Waals surface area contributed by atoms with Crippen LogP contribution in [0.15, 0.2) is 18.2 Å². The molecule has 0 bridgehead atoms. The van der Waals surface area contributed by atoms with Gasteiger partial charge in [0.25, 0.3) is 0 Å². The van der Waals surface area contributed by atoms with E-state index < -0.39 is 11.4 Å². The lowest BCUT2D eigenvalue weighted by Gasteiger charge is -2.23. The van der Waals surface area contributed by atoms with Crippen LogP contribution < -0.4 is 16.8 Å². The third kappa shape index (κ3) is 2.76. The number of carbonyl (C=O) groups is 2. The number of aryl methyl sites for hydroxylation is 1. The molecule has 1 fully saturated rings. The molecular weight excluding hydrogens is 242 g/mol. The number of amides is 2. The van der Waals surface area contributed by atoms with Crippen LogP contribution in [0.3, 0.4) is 0 Å². The van der Waals surface area contributed by atoms with Crippen molar-refractivity contribution in [3.05, 3.63) is 29.3 Å². The van der Waals surface area contributed by atoms with Gasteiger partial charge in [-0.1, -0.05) is 12.8 Å². The van der Waals surface area contributed by atoms with Crippen molar-refractivity contribution >= 4 is 17.5 Å². The summed E-state index contributed by atoms with van der Waals surface area (Å²) in [5.41, 5.74) is 12.4. The Balaban J connectivity index is 2.15. The molecule has 0 unspecified atom stereocenters. The highest BCUT2D eigenvalue weighted by atomic mass is 16.2. The Morgan fingerprint density at radius 2 is 1.89 bits per heavy atom. The molecular formula is C14H19N3O2. The molecule has 0 atom stereocenters. The minimum absolute atomic E-state index is 0.153. The second kappa shape index (κ2) is 5.01. The van der Waals surface area contributed by atoms with E-state index in [0.29, 0.717) is 11.3 Å². The highest BCUT2D eigenvalue weighted by Gasteiger charge is 2.37. The summed E-state index contributed by atoms with van der Waals surface area (Å²) in [5.74, 6) is -0.632. The molecule has 1 aliphatic carbocycles. The van der Waals surface area contributed by atoms with Crippen molar-refractivity contribution in [1.82, 2.24) is 0 Å². The van der Waals surface area contributed by atoms with Crippen molar-refractivity contribution in [2.24, 2.45) is 11.5 Å². The average molecular weight is 261 g/mol. The molecule has 2 amide bonds. The third-order valence-electron chi connectivity index (χ3n) is 3.71. The molecule has 19 heavy (non-hydrogen) atoms. The summed E-state index contributed by atoms with van der Waals surface area (Å²) in [6.07, 6.45) is 3.42. The standard InChI is InChI=1S/C14H19N3O2/c1-9-8-10(12(15)18)4-5-11(9)17-13(19)14(16)6-2-3-7-14/h4-5,8H,2-3,6-7,16H2,1H3,(H2,15,18)(H,17,19). The summed E-state index contributed by atoms with van der Waals surface area (Å²) >= 11 is 0. The normalized spacial score (nSPS) is 17.2. The minimum Gasteiger partial charge on any atom is -0.366 e. The molecule has 0 spiro atoms. The zero-order chi connectivity index (χ0) is 14.0. The first-order valence-electron chi connectivity index (χ1n) is 6.43. The van der Waals surface area contributed by atoms with Gasteiger partial charge in [-0.25, -0.2) is 0 Å². The molecule has 5 nitrogen and oxygen atoms in total. The number of hydrogen-bond acceptors (Lipinski definition) is 3. The molecule has 102 valence electrons. The highest BCUT2D eigenvalue weighted by molar-refractivity contribution is 5.99. The van der Waals surface area contributed by atoms with Crippen LogP contribution in [-0.4, -0.2) is 17.4 Å². The van der Waals surface area contributed by atoms with E-state index in [1.165, 1.54) is 0 Å². The Bertz CT molecular complexity index is 519. The molecule has 1 saturated carbocycles. The summed E-state index contributed by atoms with van der Waals surface area (Å²) in [6, 6.07) is 4.95. The monoisotopic (exact) mass is 261 g/mol. The first kappa shape index (κ1) is 13.5. The average Bonchev–Trinajstić information content (AvgIpc) is 2.80. The third-order valence-corrected chi connectivity index (χ3v) is 3.71. The van der Waals surface area contributed by atoms with Crippen LogP contribution >= 0.6 is 0 Å². The lowest BCUT2D eigenvalue weighted by Crippen LogP contribution is -2.48. The van der Waals surface area contributed by atoms with Gasteiger partial charge in [0, 0.05) is 11.3 Å². The lowest BCUT2D eigenvalue weighted by atomic mass is 9.97. The van der Waals surface area contributed by atoms with Gasteiger partial charge >= 0.3 is 0 Å². The van der Waals surface area contributed by atoms with Crippen molar-refractivity contribution in [3.8, 4) is 0 Å². The quantitative estimate of drug-likeness (QED) is 0.765. The van der Waals surface area contributed by atoms with Gasteiger partial charge in [0.15, 0.2) is 0 Å². The number of primary amides is 1. The molecule has 5 heteroatoms. The van der Waals surface area contributed by atoms with E-state index in [-0.39, 0.29) is 5.91 Å². The van der Waals surface area contributed by atoms with Crippen LogP contribution in [0.5, 0.6) is 0 Å². The van der Waals surface area contributed by atoms with E-state index in [1.54, 1.807) is 18.2 Å². The van der Waals surface area contributed by atoms with Crippen LogP contribution in [0.1, 0.15) is 41.6 Å².